The molecule has 0 saturated carbocycles. The Balaban J connectivity index is 2.25. The number of nitrogens with zero attached hydrogens (tertiary/aromatic N) is 3. The van der Waals surface area contributed by atoms with Gasteiger partial charge in [-0.05, 0) is 24.1 Å². The summed E-state index contributed by atoms with van der Waals surface area (Å²) < 4.78 is 16.1. The van der Waals surface area contributed by atoms with Gasteiger partial charge in [0.1, 0.15) is 17.0 Å². The molecule has 3 rings (SSSR count). The minimum absolute atomic E-state index is 0.0569. The first-order valence-electron chi connectivity index (χ1n) is 7.02. The van der Waals surface area contributed by atoms with Crippen molar-refractivity contribution in [2.24, 2.45) is 5.92 Å². The van der Waals surface area contributed by atoms with Crippen molar-refractivity contribution < 1.29 is 9.12 Å². The van der Waals surface area contributed by atoms with Crippen LogP contribution in [0.4, 0.5) is 4.39 Å². The van der Waals surface area contributed by atoms with Crippen LogP contribution in [0.3, 0.4) is 0 Å². The predicted molar refractivity (Wildman–Crippen MR) is 83.5 cm³/mol. The second-order valence-electron chi connectivity index (χ2n) is 5.62. The maximum absolute atomic E-state index is 13.7. The summed E-state index contributed by atoms with van der Waals surface area (Å²) in [6.07, 6.45) is 2.12. The topological polar surface area (TPSA) is 44.8 Å². The van der Waals surface area contributed by atoms with E-state index in [4.69, 9.17) is 11.6 Å². The minimum atomic E-state index is -0.515. The maximum atomic E-state index is 13.7. The molecule has 3 aromatic rings. The lowest BCUT2D eigenvalue weighted by Crippen LogP contribution is -2.26. The van der Waals surface area contributed by atoms with Crippen LogP contribution in [-0.2, 0) is 6.42 Å². The quantitative estimate of drug-likeness (QED) is 0.546. The van der Waals surface area contributed by atoms with E-state index >= 15 is 0 Å². The van der Waals surface area contributed by atoms with E-state index < -0.39 is 5.82 Å². The summed E-state index contributed by atoms with van der Waals surface area (Å²) in [5.74, 6) is -0.159. The van der Waals surface area contributed by atoms with Crippen molar-refractivity contribution in [1.82, 2.24) is 9.78 Å². The van der Waals surface area contributed by atoms with Gasteiger partial charge in [-0.3, -0.25) is 0 Å². The molecule has 0 aliphatic carbocycles. The molecule has 6 heteroatoms. The Kier molecular flexibility index (Phi) is 3.74. The monoisotopic (exact) mass is 319 g/mol. The normalized spacial score (nSPS) is 11.5. The summed E-state index contributed by atoms with van der Waals surface area (Å²) in [6.45, 7) is 4.12. The molecule has 114 valence electrons. The fourth-order valence-corrected chi connectivity index (χ4v) is 2.60. The van der Waals surface area contributed by atoms with Gasteiger partial charge in [0.25, 0.3) is 5.52 Å². The molecule has 0 atom stereocenters. The molecule has 0 aliphatic heterocycles. The van der Waals surface area contributed by atoms with E-state index in [0.717, 1.165) is 4.73 Å². The zero-order valence-corrected chi connectivity index (χ0v) is 13.0. The van der Waals surface area contributed by atoms with E-state index in [1.165, 1.54) is 18.3 Å². The highest BCUT2D eigenvalue weighted by atomic mass is 35.5. The molecule has 2 heterocycles. The van der Waals surface area contributed by atoms with Crippen molar-refractivity contribution in [3.05, 3.63) is 58.3 Å². The van der Waals surface area contributed by atoms with Crippen LogP contribution in [0.1, 0.15) is 19.5 Å². The fraction of sp³-hybridized carbons (Fsp3) is 0.250. The largest absolute Gasteiger partial charge is 0.618 e. The molecule has 4 nitrogen and oxygen atoms in total. The zero-order chi connectivity index (χ0) is 15.9. The van der Waals surface area contributed by atoms with Crippen molar-refractivity contribution >= 4 is 22.6 Å². The second-order valence-corrected chi connectivity index (χ2v) is 6.03. The van der Waals surface area contributed by atoms with Crippen LogP contribution >= 0.6 is 11.6 Å². The number of pyridine rings is 1. The van der Waals surface area contributed by atoms with Gasteiger partial charge in [-0.2, -0.15) is 9.83 Å². The highest BCUT2D eigenvalue weighted by molar-refractivity contribution is 6.30. The molecule has 0 saturated heterocycles. The van der Waals surface area contributed by atoms with Crippen LogP contribution in [-0.4, -0.2) is 9.78 Å². The average Bonchev–Trinajstić information content (AvgIpc) is 2.81. The predicted octanol–water partition coefficient (Wildman–Crippen LogP) is 3.65. The van der Waals surface area contributed by atoms with Gasteiger partial charge in [-0.1, -0.05) is 25.4 Å². The van der Waals surface area contributed by atoms with E-state index in [1.807, 2.05) is 0 Å². The van der Waals surface area contributed by atoms with Crippen LogP contribution in [0.15, 0.2) is 36.5 Å². The lowest BCUT2D eigenvalue weighted by Gasteiger charge is -2.04. The fourth-order valence-electron chi connectivity index (χ4n) is 2.48. The Labute approximate surface area is 132 Å². The van der Waals surface area contributed by atoms with Gasteiger partial charge in [0, 0.05) is 18.6 Å². The Morgan fingerprint density at radius 2 is 2.14 bits per heavy atom. The smallest absolute Gasteiger partial charge is 0.265 e. The average molecular weight is 320 g/mol. The first kappa shape index (κ1) is 14.8. The summed E-state index contributed by atoms with van der Waals surface area (Å²) >= 11 is 5.73. The molecule has 0 fully saturated rings. The van der Waals surface area contributed by atoms with E-state index in [0.29, 0.717) is 34.8 Å². The molecule has 0 unspecified atom stereocenters. The third-order valence-corrected chi connectivity index (χ3v) is 3.72. The standard InChI is InChI=1S/C16H15ClFN3O/c1-10(2)8-14-16-15(4-3-7-20(16)22)21(19-14)11-5-6-12(17)13(18)9-11/h3-7,9-10H,8H2,1-2H3. The molecule has 22 heavy (non-hydrogen) atoms. The third-order valence-electron chi connectivity index (χ3n) is 3.41. The van der Waals surface area contributed by atoms with Crippen LogP contribution in [0.5, 0.6) is 0 Å². The molecule has 0 aliphatic rings. The molecule has 0 radical (unpaired) electrons. The number of aromatic nitrogens is 3. The second kappa shape index (κ2) is 5.57. The van der Waals surface area contributed by atoms with E-state index in [2.05, 4.69) is 18.9 Å². The van der Waals surface area contributed by atoms with Crippen molar-refractivity contribution in [2.45, 2.75) is 20.3 Å². The number of hydrogen-bond acceptors (Lipinski definition) is 2. The Hall–Kier alpha value is -2.14. The van der Waals surface area contributed by atoms with Gasteiger partial charge < -0.3 is 5.21 Å². The van der Waals surface area contributed by atoms with Crippen LogP contribution in [0, 0.1) is 16.9 Å². The summed E-state index contributed by atoms with van der Waals surface area (Å²) in [7, 11) is 0. The number of benzene rings is 1. The lowest BCUT2D eigenvalue weighted by atomic mass is 10.1. The molecule has 0 bridgehead atoms. The Bertz CT molecular complexity index is 845. The lowest BCUT2D eigenvalue weighted by molar-refractivity contribution is -0.577. The van der Waals surface area contributed by atoms with Gasteiger partial charge in [-0.15, -0.1) is 0 Å². The van der Waals surface area contributed by atoms with Gasteiger partial charge in [0.2, 0.25) is 0 Å². The van der Waals surface area contributed by atoms with Crippen LogP contribution < -0.4 is 4.73 Å². The first-order valence-corrected chi connectivity index (χ1v) is 7.40. The van der Waals surface area contributed by atoms with Gasteiger partial charge in [0.05, 0.1) is 10.7 Å². The van der Waals surface area contributed by atoms with E-state index in [9.17, 15) is 9.60 Å². The molecule has 0 N–H and O–H groups in total. The van der Waals surface area contributed by atoms with E-state index in [-0.39, 0.29) is 5.02 Å². The number of fused-ring (bicyclic) bond motifs is 1. The van der Waals surface area contributed by atoms with Gasteiger partial charge >= 0.3 is 0 Å². The summed E-state index contributed by atoms with van der Waals surface area (Å²) in [4.78, 5) is 0. The van der Waals surface area contributed by atoms with Crippen molar-refractivity contribution in [3.63, 3.8) is 0 Å². The highest BCUT2D eigenvalue weighted by Gasteiger charge is 2.20. The molecule has 0 spiro atoms. The Morgan fingerprint density at radius 1 is 1.36 bits per heavy atom. The highest BCUT2D eigenvalue weighted by Crippen LogP contribution is 2.24. The Morgan fingerprint density at radius 3 is 2.82 bits per heavy atom. The molecule has 0 amide bonds. The molecule has 1 aromatic carbocycles. The van der Waals surface area contributed by atoms with Gasteiger partial charge in [0.15, 0.2) is 6.20 Å². The van der Waals surface area contributed by atoms with Crippen LogP contribution in [0.2, 0.25) is 5.02 Å². The third kappa shape index (κ3) is 2.52. The molecular formula is C16H15ClFN3O. The SMILES string of the molecule is CC(C)Cc1nn(-c2ccc(Cl)c(F)c2)c2ccc[n+]([O-])c12. The number of hydrogen-bond donors (Lipinski definition) is 0. The molecule has 2 aromatic heterocycles. The minimum Gasteiger partial charge on any atom is -0.618 e. The number of rotatable bonds is 3. The maximum Gasteiger partial charge on any atom is 0.265 e. The first-order chi connectivity index (χ1) is 10.5. The summed E-state index contributed by atoms with van der Waals surface area (Å²) in [6, 6.07) is 7.93. The van der Waals surface area contributed by atoms with Gasteiger partial charge in [-0.25, -0.2) is 9.07 Å². The van der Waals surface area contributed by atoms with Crippen molar-refractivity contribution in [2.75, 3.05) is 0 Å². The molecular weight excluding hydrogens is 305 g/mol. The van der Waals surface area contributed by atoms with E-state index in [1.54, 1.807) is 22.9 Å². The van der Waals surface area contributed by atoms with Crippen molar-refractivity contribution in [1.29, 1.82) is 0 Å². The summed E-state index contributed by atoms with van der Waals surface area (Å²) in [5.41, 5.74) is 2.41. The van der Waals surface area contributed by atoms with Crippen LogP contribution in [0.25, 0.3) is 16.7 Å². The summed E-state index contributed by atoms with van der Waals surface area (Å²) in [5, 5.41) is 16.7. The zero-order valence-electron chi connectivity index (χ0n) is 12.3. The van der Waals surface area contributed by atoms with Crippen molar-refractivity contribution in [3.8, 4) is 5.69 Å². The number of halogens is 2.